The molecule has 20 heavy (non-hydrogen) atoms. The van der Waals surface area contributed by atoms with Gasteiger partial charge in [0.15, 0.2) is 5.65 Å². The van der Waals surface area contributed by atoms with E-state index in [9.17, 15) is 0 Å². The predicted molar refractivity (Wildman–Crippen MR) is 79.6 cm³/mol. The summed E-state index contributed by atoms with van der Waals surface area (Å²) in [6.45, 7) is 4.16. The Morgan fingerprint density at radius 2 is 2.25 bits per heavy atom. The van der Waals surface area contributed by atoms with E-state index in [2.05, 4.69) is 37.4 Å². The van der Waals surface area contributed by atoms with Crippen LogP contribution in [0, 0.1) is 0 Å². The van der Waals surface area contributed by atoms with E-state index in [4.69, 9.17) is 5.73 Å². The highest BCUT2D eigenvalue weighted by Gasteiger charge is 2.14. The molecule has 3 aromatic heterocycles. The standard InChI is InChI=1S/C12H15N7S/c1-3-7-4-14-11(20-7)6(2)16-9-8-5-15-19-10(8)18-12(13)17-9/h4-6H,3H2,1-2H3,(H4,13,15,16,17,18,19). The Hall–Kier alpha value is -2.22. The third-order valence-corrected chi connectivity index (χ3v) is 4.29. The molecule has 0 bridgehead atoms. The van der Waals surface area contributed by atoms with Crippen LogP contribution in [0.3, 0.4) is 0 Å². The van der Waals surface area contributed by atoms with Gasteiger partial charge < -0.3 is 11.1 Å². The van der Waals surface area contributed by atoms with E-state index in [1.54, 1.807) is 17.5 Å². The summed E-state index contributed by atoms with van der Waals surface area (Å²) in [5, 5.41) is 11.9. The van der Waals surface area contributed by atoms with Gasteiger partial charge >= 0.3 is 0 Å². The van der Waals surface area contributed by atoms with Gasteiger partial charge in [-0.2, -0.15) is 15.1 Å². The summed E-state index contributed by atoms with van der Waals surface area (Å²) in [6, 6.07) is 0.0488. The lowest BCUT2D eigenvalue weighted by Gasteiger charge is -2.12. The highest BCUT2D eigenvalue weighted by Crippen LogP contribution is 2.26. The number of hydrogen-bond donors (Lipinski definition) is 3. The fourth-order valence-electron chi connectivity index (χ4n) is 1.92. The fraction of sp³-hybridized carbons (Fsp3) is 0.333. The fourth-order valence-corrected chi connectivity index (χ4v) is 2.77. The van der Waals surface area contributed by atoms with E-state index in [1.807, 2.05) is 13.1 Å². The Labute approximate surface area is 119 Å². The van der Waals surface area contributed by atoms with Gasteiger partial charge in [-0.25, -0.2) is 4.98 Å². The van der Waals surface area contributed by atoms with Crippen LogP contribution in [-0.2, 0) is 6.42 Å². The van der Waals surface area contributed by atoms with E-state index in [1.165, 1.54) is 4.88 Å². The van der Waals surface area contributed by atoms with Crippen molar-refractivity contribution in [1.29, 1.82) is 0 Å². The molecule has 0 spiro atoms. The number of rotatable bonds is 4. The maximum absolute atomic E-state index is 5.70. The predicted octanol–water partition coefficient (Wildman–Crippen LogP) is 2.13. The molecule has 0 aromatic carbocycles. The molecule has 7 nitrogen and oxygen atoms in total. The minimum absolute atomic E-state index is 0.0488. The molecule has 0 saturated heterocycles. The van der Waals surface area contributed by atoms with Gasteiger partial charge in [-0.05, 0) is 13.3 Å². The van der Waals surface area contributed by atoms with Crippen LogP contribution in [0.1, 0.15) is 29.8 Å². The third kappa shape index (κ3) is 2.29. The zero-order chi connectivity index (χ0) is 14.1. The Morgan fingerprint density at radius 3 is 3.00 bits per heavy atom. The third-order valence-electron chi connectivity index (χ3n) is 2.97. The number of H-pyrrole nitrogens is 1. The lowest BCUT2D eigenvalue weighted by molar-refractivity contribution is 0.862. The summed E-state index contributed by atoms with van der Waals surface area (Å²) in [6.07, 6.45) is 4.60. The molecule has 3 aromatic rings. The van der Waals surface area contributed by atoms with Crippen molar-refractivity contribution in [2.45, 2.75) is 26.3 Å². The number of hydrogen-bond acceptors (Lipinski definition) is 7. The van der Waals surface area contributed by atoms with Crippen LogP contribution in [0.2, 0.25) is 0 Å². The van der Waals surface area contributed by atoms with Crippen LogP contribution < -0.4 is 11.1 Å². The molecule has 0 radical (unpaired) electrons. The zero-order valence-corrected chi connectivity index (χ0v) is 12.0. The smallest absolute Gasteiger partial charge is 0.224 e. The Bertz CT molecular complexity index is 732. The van der Waals surface area contributed by atoms with Gasteiger partial charge in [-0.1, -0.05) is 6.92 Å². The lowest BCUT2D eigenvalue weighted by Crippen LogP contribution is -2.09. The summed E-state index contributed by atoms with van der Waals surface area (Å²) >= 11 is 1.70. The van der Waals surface area contributed by atoms with E-state index >= 15 is 0 Å². The summed E-state index contributed by atoms with van der Waals surface area (Å²) < 4.78 is 0. The number of aryl methyl sites for hydroxylation is 1. The molecule has 0 aliphatic heterocycles. The Morgan fingerprint density at radius 1 is 1.40 bits per heavy atom. The molecular weight excluding hydrogens is 274 g/mol. The van der Waals surface area contributed by atoms with Crippen LogP contribution in [0.25, 0.3) is 11.0 Å². The van der Waals surface area contributed by atoms with E-state index in [-0.39, 0.29) is 12.0 Å². The van der Waals surface area contributed by atoms with Crippen LogP contribution in [0.5, 0.6) is 0 Å². The molecule has 0 amide bonds. The number of thiazole rings is 1. The minimum atomic E-state index is 0.0488. The number of aromatic nitrogens is 5. The van der Waals surface area contributed by atoms with Crippen LogP contribution in [0.4, 0.5) is 11.8 Å². The van der Waals surface area contributed by atoms with Crippen molar-refractivity contribution in [3.8, 4) is 0 Å². The monoisotopic (exact) mass is 289 g/mol. The van der Waals surface area contributed by atoms with Gasteiger partial charge in [0, 0.05) is 11.1 Å². The SMILES string of the molecule is CCc1cnc(C(C)Nc2nc(N)nc3[nH]ncc23)s1. The molecule has 8 heteroatoms. The molecule has 0 fully saturated rings. The van der Waals surface area contributed by atoms with Crippen molar-refractivity contribution < 1.29 is 0 Å². The summed E-state index contributed by atoms with van der Waals surface area (Å²) in [7, 11) is 0. The first-order chi connectivity index (χ1) is 9.67. The molecule has 0 aliphatic rings. The maximum Gasteiger partial charge on any atom is 0.224 e. The van der Waals surface area contributed by atoms with E-state index in [0.29, 0.717) is 11.5 Å². The van der Waals surface area contributed by atoms with Crippen molar-refractivity contribution in [1.82, 2.24) is 25.1 Å². The normalized spacial score (nSPS) is 12.7. The Kier molecular flexibility index (Phi) is 3.23. The molecule has 4 N–H and O–H groups in total. The van der Waals surface area contributed by atoms with Crippen molar-refractivity contribution in [2.24, 2.45) is 0 Å². The summed E-state index contributed by atoms with van der Waals surface area (Å²) in [5.41, 5.74) is 6.33. The molecule has 1 unspecified atom stereocenters. The van der Waals surface area contributed by atoms with Crippen molar-refractivity contribution >= 4 is 34.1 Å². The molecule has 3 rings (SSSR count). The quantitative estimate of drug-likeness (QED) is 0.679. The highest BCUT2D eigenvalue weighted by molar-refractivity contribution is 7.11. The first kappa shape index (κ1) is 12.8. The number of anilines is 2. The molecule has 1 atom stereocenters. The van der Waals surface area contributed by atoms with Gasteiger partial charge in [-0.15, -0.1) is 11.3 Å². The second-order valence-corrected chi connectivity index (χ2v) is 5.59. The van der Waals surface area contributed by atoms with E-state index in [0.717, 1.165) is 16.8 Å². The molecule has 3 heterocycles. The topological polar surface area (TPSA) is 105 Å². The number of nitrogens with two attached hydrogens (primary N) is 1. The number of nitrogens with one attached hydrogen (secondary N) is 2. The molecular formula is C12H15N7S. The van der Waals surface area contributed by atoms with Crippen molar-refractivity contribution in [2.75, 3.05) is 11.1 Å². The van der Waals surface area contributed by atoms with Gasteiger partial charge in [-0.3, -0.25) is 5.10 Å². The lowest BCUT2D eigenvalue weighted by atomic mass is 10.3. The molecule has 0 aliphatic carbocycles. The van der Waals surface area contributed by atoms with Crippen LogP contribution in [-0.4, -0.2) is 25.1 Å². The summed E-state index contributed by atoms with van der Waals surface area (Å²) in [5.74, 6) is 0.881. The first-order valence-corrected chi connectivity index (χ1v) is 7.16. The van der Waals surface area contributed by atoms with Crippen LogP contribution in [0.15, 0.2) is 12.4 Å². The molecule has 104 valence electrons. The second kappa shape index (κ2) is 5.04. The van der Waals surface area contributed by atoms with Gasteiger partial charge in [0.1, 0.15) is 10.8 Å². The van der Waals surface area contributed by atoms with Crippen LogP contribution >= 0.6 is 11.3 Å². The number of aromatic amines is 1. The highest BCUT2D eigenvalue weighted by atomic mass is 32.1. The minimum Gasteiger partial charge on any atom is -0.368 e. The Balaban J connectivity index is 1.90. The van der Waals surface area contributed by atoms with Crippen molar-refractivity contribution in [3.05, 3.63) is 22.3 Å². The summed E-state index contributed by atoms with van der Waals surface area (Å²) in [4.78, 5) is 14.0. The van der Waals surface area contributed by atoms with E-state index < -0.39 is 0 Å². The number of fused-ring (bicyclic) bond motifs is 1. The average molecular weight is 289 g/mol. The number of nitrogens with zero attached hydrogens (tertiary/aromatic N) is 4. The first-order valence-electron chi connectivity index (χ1n) is 6.35. The largest absolute Gasteiger partial charge is 0.368 e. The molecule has 0 saturated carbocycles. The second-order valence-electron chi connectivity index (χ2n) is 4.45. The van der Waals surface area contributed by atoms with Gasteiger partial charge in [0.2, 0.25) is 5.95 Å². The maximum atomic E-state index is 5.70. The van der Waals surface area contributed by atoms with Gasteiger partial charge in [0.05, 0.1) is 17.6 Å². The number of nitrogen functional groups attached to an aromatic ring is 1. The van der Waals surface area contributed by atoms with Crippen molar-refractivity contribution in [3.63, 3.8) is 0 Å². The van der Waals surface area contributed by atoms with Gasteiger partial charge in [0.25, 0.3) is 0 Å². The average Bonchev–Trinajstić information content (AvgIpc) is 3.06. The zero-order valence-electron chi connectivity index (χ0n) is 11.2.